The van der Waals surface area contributed by atoms with Crippen LogP contribution in [0.2, 0.25) is 0 Å². The maximum atomic E-state index is 12.7. The van der Waals surface area contributed by atoms with E-state index in [0.717, 1.165) is 0 Å². The minimum atomic E-state index is -2.88. The van der Waals surface area contributed by atoms with Gasteiger partial charge >= 0.3 is 0 Å². The number of hydrogen-bond acceptors (Lipinski definition) is 2. The minimum Gasteiger partial charge on any atom is -0.295 e. The van der Waals surface area contributed by atoms with Crippen molar-refractivity contribution in [3.05, 3.63) is 60.7 Å². The lowest BCUT2D eigenvalue weighted by atomic mass is 10.4. The average Bonchev–Trinajstić information content (AvgIpc) is 2.40. The second-order valence-corrected chi connectivity index (χ2v) is 5.92. The van der Waals surface area contributed by atoms with E-state index in [1.54, 1.807) is 0 Å². The van der Waals surface area contributed by atoms with E-state index >= 15 is 0 Å². The molecule has 0 aliphatic carbocycles. The molecule has 0 saturated heterocycles. The van der Waals surface area contributed by atoms with Crippen molar-refractivity contribution >= 4 is 17.9 Å². The van der Waals surface area contributed by atoms with Crippen LogP contribution in [-0.4, -0.2) is 0 Å². The standard InChI is InChI=1S/C12H13N2OP/c13-14-16(15,11-7-3-1-4-8-11)12-9-5-2-6-10-12/h1-10H,13H2,(H,14,15). The summed E-state index contributed by atoms with van der Waals surface area (Å²) < 4.78 is 12.7. The van der Waals surface area contributed by atoms with E-state index in [1.165, 1.54) is 0 Å². The second-order valence-electron chi connectivity index (χ2n) is 3.41. The molecule has 0 unspecified atom stereocenters. The molecule has 0 aromatic heterocycles. The number of benzene rings is 2. The van der Waals surface area contributed by atoms with Crippen LogP contribution in [0.15, 0.2) is 60.7 Å². The maximum absolute atomic E-state index is 12.7. The van der Waals surface area contributed by atoms with Crippen molar-refractivity contribution in [3.8, 4) is 0 Å². The third-order valence-electron chi connectivity index (χ3n) is 2.42. The van der Waals surface area contributed by atoms with E-state index in [0.29, 0.717) is 10.6 Å². The van der Waals surface area contributed by atoms with Crippen LogP contribution in [0.1, 0.15) is 0 Å². The average molecular weight is 232 g/mol. The molecule has 0 saturated carbocycles. The van der Waals surface area contributed by atoms with Gasteiger partial charge in [0, 0.05) is 10.6 Å². The molecule has 0 atom stereocenters. The summed E-state index contributed by atoms with van der Waals surface area (Å²) in [6.07, 6.45) is 0. The lowest BCUT2D eigenvalue weighted by molar-refractivity contribution is 0.579. The van der Waals surface area contributed by atoms with Gasteiger partial charge in [0.1, 0.15) is 0 Å². The van der Waals surface area contributed by atoms with Gasteiger partial charge in [-0.15, -0.1) is 0 Å². The normalized spacial score (nSPS) is 11.3. The fraction of sp³-hybridized carbons (Fsp3) is 0. The van der Waals surface area contributed by atoms with Gasteiger partial charge in [0.15, 0.2) is 0 Å². The first-order valence-electron chi connectivity index (χ1n) is 4.96. The molecule has 2 rings (SSSR count). The van der Waals surface area contributed by atoms with Gasteiger partial charge in [0.2, 0.25) is 7.29 Å². The highest BCUT2D eigenvalue weighted by molar-refractivity contribution is 7.76. The molecule has 0 aliphatic heterocycles. The maximum Gasteiger partial charge on any atom is 0.217 e. The van der Waals surface area contributed by atoms with E-state index in [1.807, 2.05) is 60.7 Å². The predicted octanol–water partition coefficient (Wildman–Crippen LogP) is 1.38. The highest BCUT2D eigenvalue weighted by atomic mass is 31.2. The Kier molecular flexibility index (Phi) is 3.20. The fourth-order valence-electron chi connectivity index (χ4n) is 1.57. The first-order chi connectivity index (χ1) is 7.77. The highest BCUT2D eigenvalue weighted by Gasteiger charge is 2.24. The quantitative estimate of drug-likeness (QED) is 0.477. The van der Waals surface area contributed by atoms with Crippen molar-refractivity contribution in [3.63, 3.8) is 0 Å². The molecule has 2 aromatic carbocycles. The van der Waals surface area contributed by atoms with E-state index in [4.69, 9.17) is 5.84 Å². The molecule has 4 heteroatoms. The molecule has 0 aliphatic rings. The van der Waals surface area contributed by atoms with E-state index in [2.05, 4.69) is 5.20 Å². The summed E-state index contributed by atoms with van der Waals surface area (Å²) in [7, 11) is -2.88. The van der Waals surface area contributed by atoms with Gasteiger partial charge in [0.05, 0.1) is 0 Å². The Bertz CT molecular complexity index is 455. The van der Waals surface area contributed by atoms with Crippen LogP contribution in [0.5, 0.6) is 0 Å². The van der Waals surface area contributed by atoms with Gasteiger partial charge in [-0.3, -0.25) is 10.4 Å². The molecule has 0 heterocycles. The molecule has 0 radical (unpaired) electrons. The van der Waals surface area contributed by atoms with Crippen molar-refractivity contribution < 1.29 is 4.57 Å². The third kappa shape index (κ3) is 1.93. The summed E-state index contributed by atoms with van der Waals surface area (Å²) in [6.45, 7) is 0. The van der Waals surface area contributed by atoms with Gasteiger partial charge in [-0.2, -0.15) is 5.20 Å². The Hall–Kier alpha value is -1.41. The molecule has 2 aromatic rings. The Labute approximate surface area is 94.7 Å². The van der Waals surface area contributed by atoms with Crippen molar-refractivity contribution in [1.82, 2.24) is 5.20 Å². The summed E-state index contributed by atoms with van der Waals surface area (Å²) in [5.41, 5.74) is 0. The summed E-state index contributed by atoms with van der Waals surface area (Å²) >= 11 is 0. The number of rotatable bonds is 3. The molecule has 0 amide bonds. The molecule has 3 nitrogen and oxygen atoms in total. The number of hydrogen-bond donors (Lipinski definition) is 2. The van der Waals surface area contributed by atoms with Gasteiger partial charge in [-0.25, -0.2) is 0 Å². The molecular formula is C12H13N2OP. The van der Waals surface area contributed by atoms with Crippen molar-refractivity contribution in [1.29, 1.82) is 0 Å². The smallest absolute Gasteiger partial charge is 0.217 e. The van der Waals surface area contributed by atoms with Crippen molar-refractivity contribution in [2.24, 2.45) is 5.84 Å². The summed E-state index contributed by atoms with van der Waals surface area (Å²) in [5.74, 6) is 5.46. The second kappa shape index (κ2) is 4.62. The number of nitrogens with two attached hydrogens (primary N) is 1. The van der Waals surface area contributed by atoms with Crippen LogP contribution in [0.3, 0.4) is 0 Å². The van der Waals surface area contributed by atoms with Crippen LogP contribution >= 0.6 is 7.29 Å². The van der Waals surface area contributed by atoms with Crippen molar-refractivity contribution in [2.45, 2.75) is 0 Å². The molecule has 0 bridgehead atoms. The molecule has 16 heavy (non-hydrogen) atoms. The third-order valence-corrected chi connectivity index (χ3v) is 4.84. The largest absolute Gasteiger partial charge is 0.295 e. The van der Waals surface area contributed by atoms with Crippen LogP contribution in [0.4, 0.5) is 0 Å². The van der Waals surface area contributed by atoms with E-state index < -0.39 is 7.29 Å². The Balaban J connectivity index is 2.54. The van der Waals surface area contributed by atoms with Gasteiger partial charge < -0.3 is 0 Å². The topological polar surface area (TPSA) is 55.1 Å². The summed E-state index contributed by atoms with van der Waals surface area (Å²) in [5, 5.41) is 3.89. The Morgan fingerprint density at radius 3 is 1.50 bits per heavy atom. The summed E-state index contributed by atoms with van der Waals surface area (Å²) in [6, 6.07) is 18.4. The van der Waals surface area contributed by atoms with Crippen molar-refractivity contribution in [2.75, 3.05) is 0 Å². The van der Waals surface area contributed by atoms with Crippen LogP contribution < -0.4 is 21.6 Å². The minimum absolute atomic E-state index is 0.712. The monoisotopic (exact) mass is 232 g/mol. The first kappa shape index (κ1) is 11.1. The van der Waals surface area contributed by atoms with Crippen LogP contribution in [-0.2, 0) is 4.57 Å². The number of hydrazine groups is 1. The van der Waals surface area contributed by atoms with E-state index in [-0.39, 0.29) is 0 Å². The summed E-state index contributed by atoms with van der Waals surface area (Å²) in [4.78, 5) is 0. The van der Waals surface area contributed by atoms with Crippen LogP contribution in [0.25, 0.3) is 0 Å². The fourth-order valence-corrected chi connectivity index (χ4v) is 3.35. The van der Waals surface area contributed by atoms with Gasteiger partial charge in [-0.05, 0) is 24.3 Å². The SMILES string of the molecule is NNP(=O)(c1ccccc1)c1ccccc1. The molecular weight excluding hydrogens is 219 g/mol. The molecule has 3 N–H and O–H groups in total. The van der Waals surface area contributed by atoms with Gasteiger partial charge in [0.25, 0.3) is 0 Å². The first-order valence-corrected chi connectivity index (χ1v) is 6.67. The van der Waals surface area contributed by atoms with Crippen LogP contribution in [0, 0.1) is 0 Å². The molecule has 82 valence electrons. The molecule has 0 fully saturated rings. The molecule has 0 spiro atoms. The van der Waals surface area contributed by atoms with Gasteiger partial charge in [-0.1, -0.05) is 36.4 Å². The highest BCUT2D eigenvalue weighted by Crippen LogP contribution is 2.36. The lowest BCUT2D eigenvalue weighted by Crippen LogP contribution is -2.31. The van der Waals surface area contributed by atoms with E-state index in [9.17, 15) is 4.57 Å². The zero-order chi connectivity index (χ0) is 11.4. The zero-order valence-electron chi connectivity index (χ0n) is 8.71. The Morgan fingerprint density at radius 1 is 0.812 bits per heavy atom. The zero-order valence-corrected chi connectivity index (χ0v) is 9.60. The lowest BCUT2D eigenvalue weighted by Gasteiger charge is -2.17. The number of nitrogens with one attached hydrogen (secondary N) is 1. The predicted molar refractivity (Wildman–Crippen MR) is 67.1 cm³/mol. The Morgan fingerprint density at radius 2 is 1.19 bits per heavy atom.